The molecule has 5 aliphatic rings. The van der Waals surface area contributed by atoms with E-state index in [0.29, 0.717) is 39.5 Å². The Hall–Kier alpha value is -5.45. The average Bonchev–Trinajstić information content (AvgIpc) is 3.76. The molecule has 2 saturated heterocycles. The van der Waals surface area contributed by atoms with Gasteiger partial charge in [-0.2, -0.15) is 5.26 Å². The summed E-state index contributed by atoms with van der Waals surface area (Å²) in [7, 11) is 0. The van der Waals surface area contributed by atoms with Crippen molar-refractivity contribution in [3.05, 3.63) is 87.9 Å². The first-order valence-corrected chi connectivity index (χ1v) is 20.8. The number of nitrogens with one attached hydrogen (secondary N) is 3. The molecule has 3 aliphatic heterocycles. The van der Waals surface area contributed by atoms with Gasteiger partial charge in [-0.25, -0.2) is 0 Å². The number of carbonyl (C=O) groups excluding carboxylic acids is 5. The Bertz CT molecular complexity index is 2230. The number of fused-ring (bicyclic) bond motifs is 1. The molecule has 0 unspecified atom stereocenters. The maximum absolute atomic E-state index is 13.5. The van der Waals surface area contributed by atoms with Crippen LogP contribution in [-0.4, -0.2) is 84.9 Å². The number of amides is 5. The van der Waals surface area contributed by atoms with E-state index in [2.05, 4.69) is 54.6 Å². The van der Waals surface area contributed by atoms with Gasteiger partial charge in [-0.05, 0) is 105 Å². The van der Waals surface area contributed by atoms with Gasteiger partial charge in [0.1, 0.15) is 29.7 Å². The molecule has 0 radical (unpaired) electrons. The van der Waals surface area contributed by atoms with Gasteiger partial charge in [0.25, 0.3) is 17.7 Å². The standard InChI is InChI=1S/C45H49ClN6O7/c1-44(2)42(45(3,4)43(44)59-31-10-7-28(21-47)35(46)20-31)50-38(54)27-5-8-29(9-6-27)51-16-15-25(24-51)22-48-23-26-17-32(18-26)58-30-11-12-33-34(19-30)41(57)52(40(33)56)36-13-14-37(53)49-39(36)55/h5-12,19-20,25-26,32,36,42-43,48H,13-18,22-24H2,1-4H3,(H,50,54)(H,49,53,55)/t25-,26?,32?,36-,42?,43?/m1/s1. The summed E-state index contributed by atoms with van der Waals surface area (Å²) in [4.78, 5) is 66.9. The number of rotatable bonds is 12. The van der Waals surface area contributed by atoms with Crippen LogP contribution in [0.15, 0.2) is 60.7 Å². The van der Waals surface area contributed by atoms with Gasteiger partial charge < -0.3 is 25.0 Å². The van der Waals surface area contributed by atoms with Gasteiger partial charge in [-0.15, -0.1) is 0 Å². The van der Waals surface area contributed by atoms with Gasteiger partial charge in [0.2, 0.25) is 11.8 Å². The Labute approximate surface area is 348 Å². The summed E-state index contributed by atoms with van der Waals surface area (Å²) < 4.78 is 12.5. The first-order chi connectivity index (χ1) is 28.1. The quantitative estimate of drug-likeness (QED) is 0.199. The van der Waals surface area contributed by atoms with Gasteiger partial charge in [0, 0.05) is 53.7 Å². The predicted molar refractivity (Wildman–Crippen MR) is 219 cm³/mol. The van der Waals surface area contributed by atoms with Crippen molar-refractivity contribution in [2.24, 2.45) is 22.7 Å². The maximum Gasteiger partial charge on any atom is 0.262 e. The Morgan fingerprint density at radius 1 is 0.881 bits per heavy atom. The molecule has 0 spiro atoms. The summed E-state index contributed by atoms with van der Waals surface area (Å²) in [6.07, 6.45) is 2.87. The second-order valence-electron chi connectivity index (χ2n) is 17.8. The third kappa shape index (κ3) is 7.64. The summed E-state index contributed by atoms with van der Waals surface area (Å²) >= 11 is 6.25. The normalized spacial score (nSPS) is 26.6. The molecule has 2 saturated carbocycles. The lowest BCUT2D eigenvalue weighted by atomic mass is 9.49. The van der Waals surface area contributed by atoms with Crippen LogP contribution in [0.3, 0.4) is 0 Å². The molecule has 8 rings (SSSR count). The van der Waals surface area contributed by atoms with Crippen molar-refractivity contribution >= 4 is 46.8 Å². The number of nitriles is 1. The van der Waals surface area contributed by atoms with Gasteiger partial charge >= 0.3 is 0 Å². The highest BCUT2D eigenvalue weighted by atomic mass is 35.5. The fourth-order valence-electron chi connectivity index (χ4n) is 10.0. The third-order valence-electron chi connectivity index (χ3n) is 13.0. The van der Waals surface area contributed by atoms with Crippen LogP contribution in [0.2, 0.25) is 5.02 Å². The van der Waals surface area contributed by atoms with Crippen LogP contribution < -0.4 is 30.3 Å². The minimum Gasteiger partial charge on any atom is -0.490 e. The van der Waals surface area contributed by atoms with Crippen LogP contribution >= 0.6 is 11.6 Å². The minimum absolute atomic E-state index is 0.0168. The van der Waals surface area contributed by atoms with Crippen molar-refractivity contribution in [2.75, 3.05) is 31.1 Å². The van der Waals surface area contributed by atoms with Crippen LogP contribution in [0.25, 0.3) is 0 Å². The van der Waals surface area contributed by atoms with Crippen LogP contribution in [0.1, 0.15) is 96.4 Å². The van der Waals surface area contributed by atoms with Crippen LogP contribution in [-0.2, 0) is 9.59 Å². The van der Waals surface area contributed by atoms with Gasteiger partial charge in [-0.3, -0.25) is 34.2 Å². The summed E-state index contributed by atoms with van der Waals surface area (Å²) in [5.74, 6) is -0.126. The molecule has 3 heterocycles. The van der Waals surface area contributed by atoms with Gasteiger partial charge in [-0.1, -0.05) is 39.3 Å². The van der Waals surface area contributed by atoms with E-state index in [1.54, 1.807) is 36.4 Å². The Morgan fingerprint density at radius 3 is 2.25 bits per heavy atom. The summed E-state index contributed by atoms with van der Waals surface area (Å²) in [6, 6.07) is 18.7. The molecule has 5 amide bonds. The zero-order chi connectivity index (χ0) is 41.8. The molecule has 3 N–H and O–H groups in total. The molecule has 2 aliphatic carbocycles. The smallest absolute Gasteiger partial charge is 0.262 e. The molecule has 308 valence electrons. The Morgan fingerprint density at radius 2 is 1.56 bits per heavy atom. The van der Waals surface area contributed by atoms with Crippen molar-refractivity contribution in [1.29, 1.82) is 5.26 Å². The lowest BCUT2D eigenvalue weighted by Gasteiger charge is -2.63. The summed E-state index contributed by atoms with van der Waals surface area (Å²) in [5, 5.41) is 18.7. The molecule has 2 atom stereocenters. The first kappa shape index (κ1) is 40.3. The molecule has 0 aromatic heterocycles. The van der Waals surface area contributed by atoms with Crippen molar-refractivity contribution in [2.45, 2.75) is 84.1 Å². The van der Waals surface area contributed by atoms with Crippen molar-refractivity contribution in [1.82, 2.24) is 20.9 Å². The van der Waals surface area contributed by atoms with Crippen molar-refractivity contribution in [3.63, 3.8) is 0 Å². The lowest BCUT2D eigenvalue weighted by Crippen LogP contribution is -2.74. The van der Waals surface area contributed by atoms with E-state index < -0.39 is 29.7 Å². The van der Waals surface area contributed by atoms with E-state index >= 15 is 0 Å². The van der Waals surface area contributed by atoms with Crippen LogP contribution in [0, 0.1) is 34.0 Å². The number of nitrogens with zero attached hydrogens (tertiary/aromatic N) is 3. The van der Waals surface area contributed by atoms with E-state index in [1.807, 2.05) is 24.3 Å². The number of piperidine rings is 1. The molecule has 3 aromatic rings. The third-order valence-corrected chi connectivity index (χ3v) is 13.3. The minimum atomic E-state index is -0.997. The van der Waals surface area contributed by atoms with Gasteiger partial charge in [0.05, 0.1) is 27.8 Å². The van der Waals surface area contributed by atoms with E-state index in [-0.39, 0.29) is 59.0 Å². The lowest BCUT2D eigenvalue weighted by molar-refractivity contribution is -0.164. The number of ether oxygens (including phenoxy) is 2. The number of hydrogen-bond acceptors (Lipinski definition) is 10. The number of carbonyl (C=O) groups is 5. The number of benzene rings is 3. The zero-order valence-corrected chi connectivity index (χ0v) is 34.4. The Kier molecular flexibility index (Phi) is 10.7. The maximum atomic E-state index is 13.5. The highest BCUT2D eigenvalue weighted by Gasteiger charge is 2.64. The van der Waals surface area contributed by atoms with Gasteiger partial charge in [0.15, 0.2) is 0 Å². The van der Waals surface area contributed by atoms with E-state index in [0.717, 1.165) is 56.0 Å². The number of halogens is 1. The van der Waals surface area contributed by atoms with Crippen molar-refractivity contribution < 1.29 is 33.4 Å². The van der Waals surface area contributed by atoms with E-state index in [9.17, 15) is 29.2 Å². The second kappa shape index (κ2) is 15.6. The average molecular weight is 821 g/mol. The summed E-state index contributed by atoms with van der Waals surface area (Å²) in [6.45, 7) is 12.1. The fourth-order valence-corrected chi connectivity index (χ4v) is 10.2. The highest BCUT2D eigenvalue weighted by Crippen LogP contribution is 2.55. The molecule has 3 aromatic carbocycles. The molecule has 4 fully saturated rings. The topological polar surface area (TPSA) is 170 Å². The molecule has 0 bridgehead atoms. The second-order valence-corrected chi connectivity index (χ2v) is 18.2. The monoisotopic (exact) mass is 820 g/mol. The SMILES string of the molecule is CC1(C)C(NC(=O)c2ccc(N3CC[C@H](CNCC4CC(Oc5ccc6c(c5)C(=O)N([C@@H]5CCC(=O)NC5=O)C6=O)C4)C3)cc2)C(C)(C)C1Oc1ccc(C#N)c(Cl)c1. The molecule has 59 heavy (non-hydrogen) atoms. The van der Waals surface area contributed by atoms with Crippen LogP contribution in [0.5, 0.6) is 11.5 Å². The predicted octanol–water partition coefficient (Wildman–Crippen LogP) is 5.50. The zero-order valence-electron chi connectivity index (χ0n) is 33.7. The molecular formula is C45H49ClN6O7. The number of imide groups is 2. The van der Waals surface area contributed by atoms with Crippen LogP contribution in [0.4, 0.5) is 5.69 Å². The Balaban J connectivity index is 0.754. The molecule has 13 nitrogen and oxygen atoms in total. The summed E-state index contributed by atoms with van der Waals surface area (Å²) in [5.41, 5.74) is 1.85. The molecule has 14 heteroatoms. The highest BCUT2D eigenvalue weighted by molar-refractivity contribution is 6.31. The van der Waals surface area contributed by atoms with E-state index in [1.165, 1.54) is 0 Å². The van der Waals surface area contributed by atoms with E-state index in [4.69, 9.17) is 21.1 Å². The largest absolute Gasteiger partial charge is 0.490 e. The first-order valence-electron chi connectivity index (χ1n) is 20.4. The number of anilines is 1. The molecular weight excluding hydrogens is 772 g/mol. The van der Waals surface area contributed by atoms with Crippen molar-refractivity contribution in [3.8, 4) is 17.6 Å². The number of hydrogen-bond donors (Lipinski definition) is 3. The fraction of sp³-hybridized carbons (Fsp3) is 0.467.